The second-order valence-corrected chi connectivity index (χ2v) is 9.83. The number of carbonyl (C=O) groups is 3. The van der Waals surface area contributed by atoms with Crippen LogP contribution in [-0.2, 0) is 16.1 Å². The van der Waals surface area contributed by atoms with Gasteiger partial charge in [-0.1, -0.05) is 6.07 Å². The summed E-state index contributed by atoms with van der Waals surface area (Å²) in [4.78, 5) is 39.1. The number of aromatic nitrogens is 1. The van der Waals surface area contributed by atoms with Gasteiger partial charge in [-0.25, -0.2) is 9.59 Å². The standard InChI is InChI=1S/C20H25N3OS.2C2HF3O2/c24-19(18-3-13-25-16-18)23-11-6-20(7-12-23)4-9-22(10-5-20)15-17-2-1-8-21-14-17;2*3-2(4,5)1(6)7/h1-3,8,13-14,16H,4-7,9-12,15H2;2*(H,6,7). The Balaban J connectivity index is 0.000000317. The van der Waals surface area contributed by atoms with E-state index in [1.165, 1.54) is 18.4 Å². The largest absolute Gasteiger partial charge is 0.490 e. The van der Waals surface area contributed by atoms with Crippen LogP contribution in [0.2, 0.25) is 0 Å². The lowest BCUT2D eigenvalue weighted by Crippen LogP contribution is -2.48. The summed E-state index contributed by atoms with van der Waals surface area (Å²) in [6, 6.07) is 6.11. The van der Waals surface area contributed by atoms with E-state index >= 15 is 0 Å². The van der Waals surface area contributed by atoms with Gasteiger partial charge in [-0.05, 0) is 67.3 Å². The number of hydrogen-bond acceptors (Lipinski definition) is 6. The maximum Gasteiger partial charge on any atom is 0.490 e. The van der Waals surface area contributed by atoms with Crippen molar-refractivity contribution in [1.82, 2.24) is 14.8 Å². The minimum Gasteiger partial charge on any atom is -0.475 e. The molecule has 15 heteroatoms. The number of carboxylic acid groups (broad SMARTS) is 2. The van der Waals surface area contributed by atoms with E-state index in [4.69, 9.17) is 19.8 Å². The average molecular weight is 584 g/mol. The minimum atomic E-state index is -5.08. The van der Waals surface area contributed by atoms with Crippen LogP contribution in [0.25, 0.3) is 0 Å². The number of pyridine rings is 1. The third kappa shape index (κ3) is 10.5. The highest BCUT2D eigenvalue weighted by atomic mass is 32.1. The smallest absolute Gasteiger partial charge is 0.475 e. The lowest BCUT2D eigenvalue weighted by atomic mass is 9.71. The van der Waals surface area contributed by atoms with Crippen LogP contribution in [-0.4, -0.2) is 81.4 Å². The molecule has 2 fully saturated rings. The Morgan fingerprint density at radius 1 is 0.897 bits per heavy atom. The van der Waals surface area contributed by atoms with Gasteiger partial charge in [-0.15, -0.1) is 0 Å². The van der Waals surface area contributed by atoms with Gasteiger partial charge in [0.15, 0.2) is 0 Å². The topological polar surface area (TPSA) is 111 Å². The van der Waals surface area contributed by atoms with Crippen LogP contribution in [0.5, 0.6) is 0 Å². The molecule has 39 heavy (non-hydrogen) atoms. The average Bonchev–Trinajstić information content (AvgIpc) is 3.41. The molecule has 0 saturated carbocycles. The van der Waals surface area contributed by atoms with E-state index in [2.05, 4.69) is 20.9 Å². The van der Waals surface area contributed by atoms with Gasteiger partial charge in [-0.2, -0.15) is 37.7 Å². The molecule has 216 valence electrons. The Labute approximate surface area is 223 Å². The Morgan fingerprint density at radius 3 is 1.82 bits per heavy atom. The zero-order chi connectivity index (χ0) is 29.3. The van der Waals surface area contributed by atoms with Crippen molar-refractivity contribution in [3.05, 3.63) is 52.5 Å². The molecule has 2 aliphatic heterocycles. The Hall–Kier alpha value is -3.20. The summed E-state index contributed by atoms with van der Waals surface area (Å²) in [5, 5.41) is 18.2. The van der Waals surface area contributed by atoms with E-state index < -0.39 is 24.3 Å². The molecule has 0 atom stereocenters. The first kappa shape index (κ1) is 32.0. The molecule has 1 amide bonds. The summed E-state index contributed by atoms with van der Waals surface area (Å²) in [6.45, 7) is 5.15. The maximum atomic E-state index is 12.5. The Kier molecular flexibility index (Phi) is 11.3. The monoisotopic (exact) mass is 583 g/mol. The van der Waals surface area contributed by atoms with Gasteiger partial charge >= 0.3 is 24.3 Å². The van der Waals surface area contributed by atoms with Gasteiger partial charge in [0, 0.05) is 37.4 Å². The lowest BCUT2D eigenvalue weighted by Gasteiger charge is -2.47. The fourth-order valence-electron chi connectivity index (χ4n) is 4.19. The highest BCUT2D eigenvalue weighted by molar-refractivity contribution is 7.08. The van der Waals surface area contributed by atoms with Crippen molar-refractivity contribution in [2.45, 2.75) is 44.6 Å². The summed E-state index contributed by atoms with van der Waals surface area (Å²) in [5.41, 5.74) is 2.61. The van der Waals surface area contributed by atoms with Crippen LogP contribution in [0.1, 0.15) is 41.6 Å². The van der Waals surface area contributed by atoms with Gasteiger partial charge in [0.1, 0.15) is 0 Å². The molecule has 0 aliphatic carbocycles. The van der Waals surface area contributed by atoms with E-state index in [0.29, 0.717) is 5.41 Å². The minimum absolute atomic E-state index is 0.213. The number of carboxylic acids is 2. The highest BCUT2D eigenvalue weighted by Crippen LogP contribution is 2.41. The molecule has 4 heterocycles. The van der Waals surface area contributed by atoms with Crippen LogP contribution in [0.3, 0.4) is 0 Å². The molecule has 0 aromatic carbocycles. The van der Waals surface area contributed by atoms with Crippen molar-refractivity contribution in [2.75, 3.05) is 26.2 Å². The SMILES string of the molecule is O=C(O)C(F)(F)F.O=C(O)C(F)(F)F.O=C(c1ccsc1)N1CCC2(CCN(Cc3cccnc3)CC2)CC1. The molecule has 2 aromatic heterocycles. The fraction of sp³-hybridized carbons (Fsp3) is 0.500. The molecule has 0 radical (unpaired) electrons. The Bertz CT molecular complexity index is 1040. The quantitative estimate of drug-likeness (QED) is 0.493. The summed E-state index contributed by atoms with van der Waals surface area (Å²) in [7, 11) is 0. The van der Waals surface area contributed by atoms with E-state index in [1.807, 2.05) is 35.3 Å². The second kappa shape index (κ2) is 13.7. The first-order chi connectivity index (χ1) is 18.1. The number of amides is 1. The molecule has 4 rings (SSSR count). The number of piperidine rings is 2. The number of hydrogen-bond donors (Lipinski definition) is 2. The van der Waals surface area contributed by atoms with Crippen molar-refractivity contribution in [3.63, 3.8) is 0 Å². The van der Waals surface area contributed by atoms with Crippen LogP contribution < -0.4 is 0 Å². The normalized spacial score (nSPS) is 17.3. The van der Waals surface area contributed by atoms with Gasteiger partial charge in [0.2, 0.25) is 0 Å². The predicted octanol–water partition coefficient (Wildman–Crippen LogP) is 4.93. The molecular formula is C24H27F6N3O5S. The number of alkyl halides is 6. The molecule has 1 spiro atoms. The summed E-state index contributed by atoms with van der Waals surface area (Å²) in [5.74, 6) is -5.30. The molecule has 8 nitrogen and oxygen atoms in total. The fourth-order valence-corrected chi connectivity index (χ4v) is 4.82. The molecule has 0 unspecified atom stereocenters. The molecule has 2 aromatic rings. The molecule has 2 saturated heterocycles. The van der Waals surface area contributed by atoms with Crippen molar-refractivity contribution in [3.8, 4) is 0 Å². The number of nitrogens with zero attached hydrogens (tertiary/aromatic N) is 3. The van der Waals surface area contributed by atoms with E-state index in [0.717, 1.165) is 51.1 Å². The maximum absolute atomic E-state index is 12.5. The van der Waals surface area contributed by atoms with Crippen LogP contribution in [0, 0.1) is 5.41 Å². The molecule has 2 aliphatic rings. The first-order valence-electron chi connectivity index (χ1n) is 11.7. The third-order valence-electron chi connectivity index (χ3n) is 6.41. The van der Waals surface area contributed by atoms with Crippen LogP contribution in [0.4, 0.5) is 26.3 Å². The van der Waals surface area contributed by atoms with Crippen molar-refractivity contribution >= 4 is 29.2 Å². The van der Waals surface area contributed by atoms with Crippen molar-refractivity contribution in [1.29, 1.82) is 0 Å². The van der Waals surface area contributed by atoms with Crippen LogP contribution >= 0.6 is 11.3 Å². The van der Waals surface area contributed by atoms with E-state index in [9.17, 15) is 31.1 Å². The lowest BCUT2D eigenvalue weighted by molar-refractivity contribution is -0.193. The zero-order valence-corrected chi connectivity index (χ0v) is 21.4. The molecule has 0 bridgehead atoms. The summed E-state index contributed by atoms with van der Waals surface area (Å²) >= 11 is 1.60. The molecule has 2 N–H and O–H groups in total. The number of aliphatic carboxylic acids is 2. The van der Waals surface area contributed by atoms with Gasteiger partial charge < -0.3 is 15.1 Å². The highest BCUT2D eigenvalue weighted by Gasteiger charge is 2.39. The number of likely N-dealkylation sites (tertiary alicyclic amines) is 2. The molecular weight excluding hydrogens is 556 g/mol. The number of rotatable bonds is 3. The third-order valence-corrected chi connectivity index (χ3v) is 7.09. The zero-order valence-electron chi connectivity index (χ0n) is 20.5. The number of halogens is 6. The Morgan fingerprint density at radius 2 is 1.41 bits per heavy atom. The summed E-state index contributed by atoms with van der Waals surface area (Å²) in [6.07, 6.45) is -1.53. The number of carbonyl (C=O) groups excluding carboxylic acids is 1. The van der Waals surface area contributed by atoms with Gasteiger partial charge in [-0.3, -0.25) is 14.7 Å². The second-order valence-electron chi connectivity index (χ2n) is 9.05. The first-order valence-corrected chi connectivity index (χ1v) is 12.6. The van der Waals surface area contributed by atoms with Crippen LogP contribution in [0.15, 0.2) is 41.4 Å². The van der Waals surface area contributed by atoms with Crippen molar-refractivity contribution < 1.29 is 50.9 Å². The van der Waals surface area contributed by atoms with Crippen molar-refractivity contribution in [2.24, 2.45) is 5.41 Å². The number of thiophene rings is 1. The predicted molar refractivity (Wildman–Crippen MR) is 128 cm³/mol. The van der Waals surface area contributed by atoms with Gasteiger partial charge in [0.25, 0.3) is 5.91 Å². The van der Waals surface area contributed by atoms with Gasteiger partial charge in [0.05, 0.1) is 5.56 Å². The van der Waals surface area contributed by atoms with E-state index in [1.54, 1.807) is 11.3 Å². The van der Waals surface area contributed by atoms with E-state index in [-0.39, 0.29) is 5.91 Å². The summed E-state index contributed by atoms with van der Waals surface area (Å²) < 4.78 is 63.5.